The van der Waals surface area contributed by atoms with Crippen LogP contribution in [0, 0.1) is 5.92 Å². The fourth-order valence-electron chi connectivity index (χ4n) is 2.40. The van der Waals surface area contributed by atoms with Crippen molar-refractivity contribution in [2.45, 2.75) is 25.8 Å². The Bertz CT molecular complexity index is 598. The Morgan fingerprint density at radius 2 is 2.19 bits per heavy atom. The number of fused-ring (bicyclic) bond motifs is 1. The Balaban J connectivity index is 1.45. The standard InChI is InChI=1S/C17H21ClN2O/c18-16-7-6-14(17-15(16)3-1-9-20-17)11-19-8-2-10-21-12-13-4-5-13/h1,3,6-7,9,13,19H,2,4-5,8,10-12H2. The predicted octanol–water partition coefficient (Wildman–Crippen LogP) is 3.79. The lowest BCUT2D eigenvalue weighted by molar-refractivity contribution is 0.122. The third-order valence-corrected chi connectivity index (χ3v) is 4.14. The lowest BCUT2D eigenvalue weighted by atomic mass is 10.1. The van der Waals surface area contributed by atoms with Gasteiger partial charge >= 0.3 is 0 Å². The molecule has 1 aliphatic rings. The van der Waals surface area contributed by atoms with E-state index in [4.69, 9.17) is 16.3 Å². The van der Waals surface area contributed by atoms with Gasteiger partial charge in [0.1, 0.15) is 0 Å². The molecule has 4 heteroatoms. The van der Waals surface area contributed by atoms with Gasteiger partial charge in [0, 0.05) is 36.4 Å². The number of halogens is 1. The van der Waals surface area contributed by atoms with Gasteiger partial charge in [0.25, 0.3) is 0 Å². The van der Waals surface area contributed by atoms with Crippen LogP contribution in [0.4, 0.5) is 0 Å². The molecule has 1 aromatic heterocycles. The molecule has 1 saturated carbocycles. The molecule has 0 saturated heterocycles. The minimum atomic E-state index is 0.760. The minimum absolute atomic E-state index is 0.760. The first kappa shape index (κ1) is 14.8. The highest BCUT2D eigenvalue weighted by atomic mass is 35.5. The second-order valence-corrected chi connectivity index (χ2v) is 6.06. The summed E-state index contributed by atoms with van der Waals surface area (Å²) in [7, 11) is 0. The van der Waals surface area contributed by atoms with Gasteiger partial charge in [-0.3, -0.25) is 4.98 Å². The SMILES string of the molecule is Clc1ccc(CNCCCOCC2CC2)c2ncccc12. The quantitative estimate of drug-likeness (QED) is 0.753. The lowest BCUT2D eigenvalue weighted by Gasteiger charge is -2.09. The van der Waals surface area contributed by atoms with E-state index in [0.29, 0.717) is 0 Å². The summed E-state index contributed by atoms with van der Waals surface area (Å²) in [5.41, 5.74) is 2.18. The highest BCUT2D eigenvalue weighted by molar-refractivity contribution is 6.35. The summed E-state index contributed by atoms with van der Waals surface area (Å²) < 4.78 is 5.63. The van der Waals surface area contributed by atoms with Crippen LogP contribution < -0.4 is 5.32 Å². The molecule has 1 N–H and O–H groups in total. The van der Waals surface area contributed by atoms with Gasteiger partial charge < -0.3 is 10.1 Å². The second kappa shape index (κ2) is 7.21. The van der Waals surface area contributed by atoms with Crippen LogP contribution in [0.2, 0.25) is 5.02 Å². The number of nitrogens with zero attached hydrogens (tertiary/aromatic N) is 1. The molecule has 3 nitrogen and oxygen atoms in total. The van der Waals surface area contributed by atoms with Crippen molar-refractivity contribution in [3.8, 4) is 0 Å². The summed E-state index contributed by atoms with van der Waals surface area (Å²) in [6.07, 6.45) is 5.57. The predicted molar refractivity (Wildman–Crippen MR) is 86.6 cm³/mol. The molecule has 112 valence electrons. The smallest absolute Gasteiger partial charge is 0.0761 e. The number of rotatable bonds is 8. The van der Waals surface area contributed by atoms with Gasteiger partial charge in [-0.1, -0.05) is 17.7 Å². The lowest BCUT2D eigenvalue weighted by Crippen LogP contribution is -2.17. The van der Waals surface area contributed by atoms with Gasteiger partial charge in [-0.2, -0.15) is 0 Å². The number of benzene rings is 1. The van der Waals surface area contributed by atoms with E-state index in [1.165, 1.54) is 18.4 Å². The van der Waals surface area contributed by atoms with Crippen molar-refractivity contribution in [3.63, 3.8) is 0 Å². The molecule has 1 fully saturated rings. The Morgan fingerprint density at radius 3 is 3.05 bits per heavy atom. The van der Waals surface area contributed by atoms with Crippen LogP contribution in [-0.4, -0.2) is 24.7 Å². The van der Waals surface area contributed by atoms with Crippen molar-refractivity contribution in [2.24, 2.45) is 5.92 Å². The van der Waals surface area contributed by atoms with Crippen LogP contribution in [0.15, 0.2) is 30.5 Å². The second-order valence-electron chi connectivity index (χ2n) is 5.65. The Morgan fingerprint density at radius 1 is 1.29 bits per heavy atom. The summed E-state index contributed by atoms with van der Waals surface area (Å²) >= 11 is 6.20. The van der Waals surface area contributed by atoms with E-state index in [0.717, 1.165) is 54.6 Å². The Labute approximate surface area is 130 Å². The van der Waals surface area contributed by atoms with Crippen molar-refractivity contribution in [1.82, 2.24) is 10.3 Å². The molecule has 1 heterocycles. The molecule has 0 unspecified atom stereocenters. The largest absolute Gasteiger partial charge is 0.381 e. The van der Waals surface area contributed by atoms with Crippen molar-refractivity contribution in [2.75, 3.05) is 19.8 Å². The molecular formula is C17H21ClN2O. The summed E-state index contributed by atoms with van der Waals surface area (Å²) in [5, 5.41) is 5.23. The normalized spacial score (nSPS) is 14.7. The molecule has 1 aromatic carbocycles. The molecule has 0 amide bonds. The van der Waals surface area contributed by atoms with Crippen LogP contribution in [0.25, 0.3) is 10.9 Å². The molecular weight excluding hydrogens is 284 g/mol. The van der Waals surface area contributed by atoms with Crippen molar-refractivity contribution >= 4 is 22.5 Å². The van der Waals surface area contributed by atoms with Crippen LogP contribution in [0.5, 0.6) is 0 Å². The summed E-state index contributed by atoms with van der Waals surface area (Å²) in [6, 6.07) is 7.93. The fraction of sp³-hybridized carbons (Fsp3) is 0.471. The average molecular weight is 305 g/mol. The first-order valence-corrected chi connectivity index (χ1v) is 8.03. The van der Waals surface area contributed by atoms with E-state index in [1.807, 2.05) is 30.5 Å². The van der Waals surface area contributed by atoms with Gasteiger partial charge in [0.2, 0.25) is 0 Å². The van der Waals surface area contributed by atoms with Crippen LogP contribution >= 0.6 is 11.6 Å². The fourth-order valence-corrected chi connectivity index (χ4v) is 2.61. The molecule has 3 rings (SSSR count). The molecule has 0 radical (unpaired) electrons. The minimum Gasteiger partial charge on any atom is -0.381 e. The third kappa shape index (κ3) is 4.16. The van der Waals surface area contributed by atoms with Crippen LogP contribution in [-0.2, 0) is 11.3 Å². The van der Waals surface area contributed by atoms with Gasteiger partial charge in [0.15, 0.2) is 0 Å². The van der Waals surface area contributed by atoms with E-state index in [2.05, 4.69) is 10.3 Å². The molecule has 0 atom stereocenters. The van der Waals surface area contributed by atoms with Crippen molar-refractivity contribution in [3.05, 3.63) is 41.0 Å². The van der Waals surface area contributed by atoms with E-state index in [9.17, 15) is 0 Å². The molecule has 0 spiro atoms. The number of ether oxygens (including phenoxy) is 1. The monoisotopic (exact) mass is 304 g/mol. The maximum absolute atomic E-state index is 6.20. The number of nitrogens with one attached hydrogen (secondary N) is 1. The first-order valence-electron chi connectivity index (χ1n) is 7.65. The molecule has 2 aromatic rings. The molecule has 0 aliphatic heterocycles. The van der Waals surface area contributed by atoms with Crippen molar-refractivity contribution < 1.29 is 4.74 Å². The van der Waals surface area contributed by atoms with Gasteiger partial charge in [0.05, 0.1) is 5.52 Å². The number of hydrogen-bond acceptors (Lipinski definition) is 3. The maximum Gasteiger partial charge on any atom is 0.0761 e. The third-order valence-electron chi connectivity index (χ3n) is 3.81. The van der Waals surface area contributed by atoms with E-state index in [-0.39, 0.29) is 0 Å². The van der Waals surface area contributed by atoms with Gasteiger partial charge in [-0.25, -0.2) is 0 Å². The van der Waals surface area contributed by atoms with Crippen LogP contribution in [0.3, 0.4) is 0 Å². The molecule has 1 aliphatic carbocycles. The molecule has 21 heavy (non-hydrogen) atoms. The molecule has 0 bridgehead atoms. The number of hydrogen-bond donors (Lipinski definition) is 1. The zero-order chi connectivity index (χ0) is 14.5. The van der Waals surface area contributed by atoms with Crippen LogP contribution in [0.1, 0.15) is 24.8 Å². The van der Waals surface area contributed by atoms with Gasteiger partial charge in [-0.05, 0) is 55.5 Å². The number of aromatic nitrogens is 1. The first-order chi connectivity index (χ1) is 10.3. The summed E-state index contributed by atoms with van der Waals surface area (Å²) in [4.78, 5) is 4.45. The topological polar surface area (TPSA) is 34.1 Å². The zero-order valence-electron chi connectivity index (χ0n) is 12.1. The summed E-state index contributed by atoms with van der Waals surface area (Å²) in [6.45, 7) is 3.57. The average Bonchev–Trinajstić information content (AvgIpc) is 3.33. The highest BCUT2D eigenvalue weighted by Gasteiger charge is 2.20. The zero-order valence-corrected chi connectivity index (χ0v) is 12.9. The van der Waals surface area contributed by atoms with E-state index < -0.39 is 0 Å². The highest BCUT2D eigenvalue weighted by Crippen LogP contribution is 2.28. The Hall–Kier alpha value is -1.16. The van der Waals surface area contributed by atoms with E-state index in [1.54, 1.807) is 0 Å². The maximum atomic E-state index is 6.20. The van der Waals surface area contributed by atoms with E-state index >= 15 is 0 Å². The van der Waals surface area contributed by atoms with Gasteiger partial charge in [-0.15, -0.1) is 0 Å². The number of pyridine rings is 1. The Kier molecular flexibility index (Phi) is 5.07. The van der Waals surface area contributed by atoms with Crippen molar-refractivity contribution in [1.29, 1.82) is 0 Å². The summed E-state index contributed by atoms with van der Waals surface area (Å²) in [5.74, 6) is 0.851.